The maximum atomic E-state index is 12.8. The zero-order valence-corrected chi connectivity index (χ0v) is 19.9. The van der Waals surface area contributed by atoms with Gasteiger partial charge in [0.05, 0.1) is 0 Å². The van der Waals surface area contributed by atoms with Crippen molar-refractivity contribution in [1.29, 1.82) is 0 Å². The van der Waals surface area contributed by atoms with Crippen molar-refractivity contribution >= 4 is 12.1 Å². The molecule has 0 spiro atoms. The summed E-state index contributed by atoms with van der Waals surface area (Å²) in [5, 5.41) is 2.69. The van der Waals surface area contributed by atoms with E-state index in [-0.39, 0.29) is 18.1 Å². The fraction of sp³-hybridized carbons (Fsp3) is 0.680. The predicted octanol–water partition coefficient (Wildman–Crippen LogP) is 5.50. The maximum Gasteiger partial charge on any atom is 0.408 e. The molecule has 6 heteroatoms. The Balaban J connectivity index is 2.15. The second kappa shape index (κ2) is 11.4. The van der Waals surface area contributed by atoms with E-state index < -0.39 is 23.7 Å². The van der Waals surface area contributed by atoms with Crippen LogP contribution in [0.2, 0.25) is 0 Å². The van der Waals surface area contributed by atoms with Crippen molar-refractivity contribution in [3.05, 3.63) is 30.3 Å². The molecule has 6 nitrogen and oxygen atoms in total. The van der Waals surface area contributed by atoms with Gasteiger partial charge >= 0.3 is 12.1 Å². The third-order valence-corrected chi connectivity index (χ3v) is 5.45. The minimum absolute atomic E-state index is 0.0655. The molecule has 0 aliphatic carbocycles. The molecule has 1 saturated heterocycles. The van der Waals surface area contributed by atoms with Crippen LogP contribution in [-0.4, -0.2) is 35.9 Å². The van der Waals surface area contributed by atoms with Crippen LogP contribution in [0.5, 0.6) is 5.75 Å². The first-order chi connectivity index (χ1) is 14.5. The highest BCUT2D eigenvalue weighted by Crippen LogP contribution is 2.30. The molecule has 4 atom stereocenters. The fourth-order valence-corrected chi connectivity index (χ4v) is 3.86. The van der Waals surface area contributed by atoms with E-state index in [1.54, 1.807) is 20.8 Å². The summed E-state index contributed by atoms with van der Waals surface area (Å²) < 4.78 is 17.5. The molecule has 0 unspecified atom stereocenters. The summed E-state index contributed by atoms with van der Waals surface area (Å²) in [6.45, 7) is 11.7. The number of nitrogens with one attached hydrogen (secondary N) is 1. The molecule has 0 aromatic heterocycles. The molecule has 2 rings (SSSR count). The van der Waals surface area contributed by atoms with Gasteiger partial charge in [0.25, 0.3) is 0 Å². The zero-order chi connectivity index (χ0) is 23.0. The molecule has 1 N–H and O–H groups in total. The van der Waals surface area contributed by atoms with E-state index in [1.165, 1.54) is 0 Å². The SMILES string of the molecule is CC(C)CC[C@H]1[C@H](C)OC(=O)[C@@H](NC(=O)OC(C)(C)C)CCC[C@@H]1Oc1ccccc1. The average Bonchev–Trinajstić information content (AvgIpc) is 2.70. The number of esters is 1. The Bertz CT molecular complexity index is 698. The highest BCUT2D eigenvalue weighted by atomic mass is 16.6. The van der Waals surface area contributed by atoms with Gasteiger partial charge in [-0.15, -0.1) is 0 Å². The van der Waals surface area contributed by atoms with Gasteiger partial charge in [-0.25, -0.2) is 9.59 Å². The second-order valence-electron chi connectivity index (χ2n) is 9.88. The van der Waals surface area contributed by atoms with Gasteiger partial charge in [0, 0.05) is 5.92 Å². The van der Waals surface area contributed by atoms with Gasteiger partial charge in [0.2, 0.25) is 0 Å². The van der Waals surface area contributed by atoms with E-state index in [0.717, 1.165) is 31.4 Å². The van der Waals surface area contributed by atoms with Crippen LogP contribution in [0.15, 0.2) is 30.3 Å². The van der Waals surface area contributed by atoms with Crippen LogP contribution in [0.3, 0.4) is 0 Å². The third kappa shape index (κ3) is 8.80. The molecule has 1 fully saturated rings. The van der Waals surface area contributed by atoms with Crippen molar-refractivity contribution in [2.75, 3.05) is 0 Å². The Hall–Kier alpha value is -2.24. The summed E-state index contributed by atoms with van der Waals surface area (Å²) in [5.74, 6) is 1.04. The van der Waals surface area contributed by atoms with Gasteiger partial charge < -0.3 is 19.5 Å². The number of carbonyl (C=O) groups excluding carboxylic acids is 2. The lowest BCUT2D eigenvalue weighted by Gasteiger charge is -2.32. The Kier molecular flexibility index (Phi) is 9.20. The molecule has 0 saturated carbocycles. The number of cyclic esters (lactones) is 1. The number of carbonyl (C=O) groups is 2. The summed E-state index contributed by atoms with van der Waals surface area (Å²) in [6, 6.07) is 9.06. The number of alkyl carbamates (subject to hydrolysis) is 1. The van der Waals surface area contributed by atoms with Crippen LogP contribution in [0.1, 0.15) is 73.6 Å². The van der Waals surface area contributed by atoms with E-state index in [2.05, 4.69) is 19.2 Å². The molecule has 31 heavy (non-hydrogen) atoms. The highest BCUT2D eigenvalue weighted by molar-refractivity contribution is 5.81. The number of ether oxygens (including phenoxy) is 3. The molecular formula is C25H39NO5. The highest BCUT2D eigenvalue weighted by Gasteiger charge is 2.35. The van der Waals surface area contributed by atoms with Gasteiger partial charge in [-0.2, -0.15) is 0 Å². The number of amides is 1. The van der Waals surface area contributed by atoms with Crippen LogP contribution in [0, 0.1) is 11.8 Å². The molecule has 1 aromatic rings. The number of para-hydroxylation sites is 1. The van der Waals surface area contributed by atoms with Crippen LogP contribution in [0.25, 0.3) is 0 Å². The van der Waals surface area contributed by atoms with E-state index in [1.807, 2.05) is 37.3 Å². The van der Waals surface area contributed by atoms with E-state index >= 15 is 0 Å². The summed E-state index contributed by atoms with van der Waals surface area (Å²) >= 11 is 0. The summed E-state index contributed by atoms with van der Waals surface area (Å²) in [4.78, 5) is 25.1. The molecule has 0 radical (unpaired) electrons. The minimum Gasteiger partial charge on any atom is -0.490 e. The minimum atomic E-state index is -0.724. The summed E-state index contributed by atoms with van der Waals surface area (Å²) in [5.41, 5.74) is -0.629. The first-order valence-corrected chi connectivity index (χ1v) is 11.5. The lowest BCUT2D eigenvalue weighted by molar-refractivity contribution is -0.154. The fourth-order valence-electron chi connectivity index (χ4n) is 3.86. The molecule has 0 bridgehead atoms. The number of hydrogen-bond acceptors (Lipinski definition) is 5. The topological polar surface area (TPSA) is 73.9 Å². The van der Waals surface area contributed by atoms with Crippen LogP contribution >= 0.6 is 0 Å². The number of benzene rings is 1. The van der Waals surface area contributed by atoms with Crippen molar-refractivity contribution in [1.82, 2.24) is 5.32 Å². The molecule has 1 aliphatic heterocycles. The zero-order valence-electron chi connectivity index (χ0n) is 19.9. The lowest BCUT2D eigenvalue weighted by atomic mass is 9.86. The molecule has 1 amide bonds. The summed E-state index contributed by atoms with van der Waals surface area (Å²) in [7, 11) is 0. The van der Waals surface area contributed by atoms with Crippen LogP contribution < -0.4 is 10.1 Å². The van der Waals surface area contributed by atoms with E-state index in [4.69, 9.17) is 14.2 Å². The Morgan fingerprint density at radius 2 is 1.87 bits per heavy atom. The first-order valence-electron chi connectivity index (χ1n) is 11.5. The third-order valence-electron chi connectivity index (χ3n) is 5.45. The van der Waals surface area contributed by atoms with Crippen molar-refractivity contribution in [3.63, 3.8) is 0 Å². The van der Waals surface area contributed by atoms with Crippen LogP contribution in [0.4, 0.5) is 4.79 Å². The normalized spacial score (nSPS) is 25.1. The molecule has 1 aromatic carbocycles. The number of hydrogen-bond donors (Lipinski definition) is 1. The van der Waals surface area contributed by atoms with Crippen molar-refractivity contribution < 1.29 is 23.8 Å². The van der Waals surface area contributed by atoms with Crippen molar-refractivity contribution in [3.8, 4) is 5.75 Å². The van der Waals surface area contributed by atoms with Gasteiger partial charge in [-0.05, 0) is 71.4 Å². The smallest absolute Gasteiger partial charge is 0.408 e. The Labute approximate surface area is 187 Å². The predicted molar refractivity (Wildman–Crippen MR) is 121 cm³/mol. The van der Waals surface area contributed by atoms with E-state index in [0.29, 0.717) is 12.3 Å². The molecule has 1 heterocycles. The van der Waals surface area contributed by atoms with Crippen molar-refractivity contribution in [2.45, 2.75) is 97.5 Å². The molecule has 174 valence electrons. The molecular weight excluding hydrogens is 394 g/mol. The van der Waals surface area contributed by atoms with Gasteiger partial charge in [-0.1, -0.05) is 38.5 Å². The monoisotopic (exact) mass is 433 g/mol. The van der Waals surface area contributed by atoms with Crippen molar-refractivity contribution in [2.24, 2.45) is 11.8 Å². The Morgan fingerprint density at radius 3 is 2.48 bits per heavy atom. The summed E-state index contributed by atoms with van der Waals surface area (Å²) in [6.07, 6.45) is 2.95. The van der Waals surface area contributed by atoms with Gasteiger partial charge in [0.1, 0.15) is 29.6 Å². The largest absolute Gasteiger partial charge is 0.490 e. The second-order valence-corrected chi connectivity index (χ2v) is 9.88. The average molecular weight is 434 g/mol. The number of rotatable bonds is 6. The van der Waals surface area contributed by atoms with Gasteiger partial charge in [0.15, 0.2) is 0 Å². The Morgan fingerprint density at radius 1 is 1.19 bits per heavy atom. The van der Waals surface area contributed by atoms with E-state index in [9.17, 15) is 9.59 Å². The van der Waals surface area contributed by atoms with Crippen LogP contribution in [-0.2, 0) is 14.3 Å². The van der Waals surface area contributed by atoms with Gasteiger partial charge in [-0.3, -0.25) is 0 Å². The first kappa shape index (κ1) is 25.0. The maximum absolute atomic E-state index is 12.8. The lowest BCUT2D eigenvalue weighted by Crippen LogP contribution is -2.45. The quantitative estimate of drug-likeness (QED) is 0.600. The molecule has 1 aliphatic rings. The standard InChI is InChI=1S/C25H39NO5/c1-17(2)15-16-20-18(3)29-23(27)21(26-24(28)31-25(4,5)6)13-10-14-22(20)30-19-11-8-7-9-12-19/h7-9,11-12,17-18,20-22H,10,13-16H2,1-6H3,(H,26,28)/t18-,20-,21-,22-/m0/s1.